The van der Waals surface area contributed by atoms with Crippen LogP contribution in [0.2, 0.25) is 0 Å². The summed E-state index contributed by atoms with van der Waals surface area (Å²) in [5, 5.41) is 12.4. The predicted octanol–water partition coefficient (Wildman–Crippen LogP) is 3.62. The summed E-state index contributed by atoms with van der Waals surface area (Å²) in [7, 11) is 1.62. The molecule has 2 fully saturated rings. The van der Waals surface area contributed by atoms with Gasteiger partial charge in [-0.15, -0.1) is 0 Å². The van der Waals surface area contributed by atoms with Gasteiger partial charge in [0.05, 0.1) is 7.11 Å². The van der Waals surface area contributed by atoms with Gasteiger partial charge in [0.25, 0.3) is 5.91 Å². The fraction of sp³-hybridized carbons (Fsp3) is 0.545. The predicted molar refractivity (Wildman–Crippen MR) is 105 cm³/mol. The van der Waals surface area contributed by atoms with Crippen molar-refractivity contribution in [2.45, 2.75) is 52.6 Å². The molecule has 1 aliphatic heterocycles. The molecule has 2 bridgehead atoms. The fourth-order valence-corrected chi connectivity index (χ4v) is 4.98. The van der Waals surface area contributed by atoms with Gasteiger partial charge in [-0.05, 0) is 47.8 Å². The lowest BCUT2D eigenvalue weighted by Crippen LogP contribution is -2.34. The number of methoxy groups -OCH3 is 1. The average molecular weight is 367 g/mol. The van der Waals surface area contributed by atoms with Gasteiger partial charge in [-0.2, -0.15) is 5.26 Å². The lowest BCUT2D eigenvalue weighted by molar-refractivity contribution is -0.117. The molecule has 1 saturated heterocycles. The number of hydrogen-bond donors (Lipinski definition) is 1. The first-order chi connectivity index (χ1) is 12.7. The van der Waals surface area contributed by atoms with Gasteiger partial charge in [0.1, 0.15) is 17.4 Å². The number of nitrogens with one attached hydrogen (secondary N) is 1. The third kappa shape index (κ3) is 4.44. The molecular weight excluding hydrogens is 338 g/mol. The molecule has 27 heavy (non-hydrogen) atoms. The normalized spacial score (nSPS) is 26.4. The van der Waals surface area contributed by atoms with Gasteiger partial charge in [-0.25, -0.2) is 0 Å². The molecule has 3 rings (SSSR count). The highest BCUT2D eigenvalue weighted by molar-refractivity contribution is 5.97. The number of nitrogens with zero attached hydrogens (tertiary/aromatic N) is 2. The minimum absolute atomic E-state index is 0.178. The Morgan fingerprint density at radius 2 is 2.04 bits per heavy atom. The van der Waals surface area contributed by atoms with E-state index in [2.05, 4.69) is 37.1 Å². The van der Waals surface area contributed by atoms with Crippen LogP contribution >= 0.6 is 0 Å². The van der Waals surface area contributed by atoms with E-state index < -0.39 is 0 Å². The minimum atomic E-state index is -0.320. The lowest BCUT2D eigenvalue weighted by atomic mass is 9.65. The van der Waals surface area contributed by atoms with Crippen molar-refractivity contribution in [1.82, 2.24) is 10.2 Å². The summed E-state index contributed by atoms with van der Waals surface area (Å²) in [6.45, 7) is 8.26. The Labute approximate surface area is 162 Å². The van der Waals surface area contributed by atoms with Crippen LogP contribution in [0.4, 0.5) is 0 Å². The summed E-state index contributed by atoms with van der Waals surface area (Å²) in [6.07, 6.45) is 5.21. The molecule has 1 amide bonds. The van der Waals surface area contributed by atoms with Crippen molar-refractivity contribution >= 4 is 5.91 Å². The fourth-order valence-electron chi connectivity index (χ4n) is 4.98. The Morgan fingerprint density at radius 1 is 1.33 bits per heavy atom. The van der Waals surface area contributed by atoms with Gasteiger partial charge in [0.15, 0.2) is 0 Å². The number of amides is 1. The van der Waals surface area contributed by atoms with E-state index in [0.717, 1.165) is 30.7 Å². The highest BCUT2D eigenvalue weighted by Crippen LogP contribution is 2.52. The molecule has 2 unspecified atom stereocenters. The SMILES string of the molecule is COc1ccc(CNC(=O)/C(C#N)=C\N2CC3(C)CC2CC(C)(C)C3)cc1. The number of benzene rings is 1. The molecule has 0 spiro atoms. The molecule has 2 aliphatic rings. The smallest absolute Gasteiger partial charge is 0.263 e. The molecular formula is C22H29N3O2. The van der Waals surface area contributed by atoms with Crippen molar-refractivity contribution in [1.29, 1.82) is 5.26 Å². The number of carbonyl (C=O) groups is 1. The van der Waals surface area contributed by atoms with Crippen LogP contribution in [-0.4, -0.2) is 30.5 Å². The molecule has 1 saturated carbocycles. The van der Waals surface area contributed by atoms with Crippen molar-refractivity contribution in [3.05, 3.63) is 41.6 Å². The maximum Gasteiger partial charge on any atom is 0.263 e. The number of likely N-dealkylation sites (tertiary alicyclic amines) is 1. The molecule has 0 aromatic heterocycles. The largest absolute Gasteiger partial charge is 0.497 e. The summed E-state index contributed by atoms with van der Waals surface area (Å²) in [5.41, 5.74) is 1.72. The highest BCUT2D eigenvalue weighted by Gasteiger charge is 2.48. The van der Waals surface area contributed by atoms with Gasteiger partial charge >= 0.3 is 0 Å². The number of fused-ring (bicyclic) bond motifs is 2. The van der Waals surface area contributed by atoms with Crippen molar-refractivity contribution in [2.24, 2.45) is 10.8 Å². The van der Waals surface area contributed by atoms with E-state index in [1.54, 1.807) is 13.3 Å². The Morgan fingerprint density at radius 3 is 2.67 bits per heavy atom. The van der Waals surface area contributed by atoms with Crippen LogP contribution in [0, 0.1) is 22.2 Å². The monoisotopic (exact) mass is 367 g/mol. The maximum atomic E-state index is 12.5. The standard InChI is InChI=1S/C22H29N3O2/c1-21(2)9-18-10-22(3,14-21)15-25(18)13-17(11-23)20(26)24-12-16-5-7-19(27-4)8-6-16/h5-8,13,18H,9-10,12,14-15H2,1-4H3,(H,24,26)/b17-13-. The highest BCUT2D eigenvalue weighted by atomic mass is 16.5. The summed E-state index contributed by atoms with van der Waals surface area (Å²) >= 11 is 0. The molecule has 1 N–H and O–H groups in total. The van der Waals surface area contributed by atoms with Gasteiger partial charge in [-0.3, -0.25) is 4.79 Å². The van der Waals surface area contributed by atoms with Crippen LogP contribution in [0.5, 0.6) is 5.75 Å². The van der Waals surface area contributed by atoms with E-state index in [-0.39, 0.29) is 16.9 Å². The quantitative estimate of drug-likeness (QED) is 0.638. The molecule has 5 nitrogen and oxygen atoms in total. The summed E-state index contributed by atoms with van der Waals surface area (Å²) < 4.78 is 5.14. The van der Waals surface area contributed by atoms with Crippen molar-refractivity contribution in [3.8, 4) is 11.8 Å². The van der Waals surface area contributed by atoms with E-state index >= 15 is 0 Å². The van der Waals surface area contributed by atoms with Crippen LogP contribution in [0.25, 0.3) is 0 Å². The zero-order valence-corrected chi connectivity index (χ0v) is 16.7. The van der Waals surface area contributed by atoms with Gasteiger partial charge in [0.2, 0.25) is 0 Å². The number of nitriles is 1. The second kappa shape index (κ2) is 7.26. The zero-order valence-electron chi connectivity index (χ0n) is 16.7. The number of hydrogen-bond acceptors (Lipinski definition) is 4. The van der Waals surface area contributed by atoms with E-state index in [4.69, 9.17) is 4.74 Å². The van der Waals surface area contributed by atoms with E-state index in [0.29, 0.717) is 18.0 Å². The first-order valence-electron chi connectivity index (χ1n) is 9.52. The van der Waals surface area contributed by atoms with Crippen molar-refractivity contribution < 1.29 is 9.53 Å². The van der Waals surface area contributed by atoms with Crippen molar-refractivity contribution in [2.75, 3.05) is 13.7 Å². The van der Waals surface area contributed by atoms with Crippen LogP contribution in [0.1, 0.15) is 45.6 Å². The van der Waals surface area contributed by atoms with Crippen LogP contribution in [0.3, 0.4) is 0 Å². The van der Waals surface area contributed by atoms with Gasteiger partial charge < -0.3 is 15.0 Å². The first-order valence-corrected chi connectivity index (χ1v) is 9.52. The molecule has 2 atom stereocenters. The van der Waals surface area contributed by atoms with Gasteiger partial charge in [-0.1, -0.05) is 32.9 Å². The van der Waals surface area contributed by atoms with Gasteiger partial charge in [0, 0.05) is 25.3 Å². The van der Waals surface area contributed by atoms with Crippen molar-refractivity contribution in [3.63, 3.8) is 0 Å². The summed E-state index contributed by atoms with van der Waals surface area (Å²) in [4.78, 5) is 14.7. The first kappa shape index (κ1) is 19.3. The molecule has 1 heterocycles. The Balaban J connectivity index is 1.65. The minimum Gasteiger partial charge on any atom is -0.497 e. The molecule has 5 heteroatoms. The Bertz CT molecular complexity index is 776. The number of ether oxygens (including phenoxy) is 1. The van der Waals surface area contributed by atoms with E-state index in [9.17, 15) is 10.1 Å². The third-order valence-electron chi connectivity index (χ3n) is 5.73. The van der Waals surface area contributed by atoms with E-state index in [1.807, 2.05) is 24.3 Å². The Kier molecular flexibility index (Phi) is 5.19. The average Bonchev–Trinajstić information content (AvgIpc) is 2.85. The number of carbonyl (C=O) groups excluding carboxylic acids is 1. The molecule has 1 aliphatic carbocycles. The molecule has 144 valence electrons. The second-order valence-corrected chi connectivity index (χ2v) is 9.07. The van der Waals surface area contributed by atoms with Crippen LogP contribution in [0.15, 0.2) is 36.0 Å². The zero-order chi connectivity index (χ0) is 19.7. The van der Waals surface area contributed by atoms with Crippen LogP contribution in [-0.2, 0) is 11.3 Å². The summed E-state index contributed by atoms with van der Waals surface area (Å²) in [5.74, 6) is 0.457. The molecule has 0 radical (unpaired) electrons. The Hall–Kier alpha value is -2.48. The topological polar surface area (TPSA) is 65.4 Å². The van der Waals surface area contributed by atoms with E-state index in [1.165, 1.54) is 6.42 Å². The maximum absolute atomic E-state index is 12.5. The molecule has 1 aromatic carbocycles. The lowest BCUT2D eigenvalue weighted by Gasteiger charge is -2.39. The number of rotatable bonds is 5. The van der Waals surface area contributed by atoms with Crippen LogP contribution < -0.4 is 10.1 Å². The second-order valence-electron chi connectivity index (χ2n) is 9.07. The third-order valence-corrected chi connectivity index (χ3v) is 5.73. The molecule has 1 aromatic rings. The summed E-state index contributed by atoms with van der Waals surface area (Å²) in [6, 6.07) is 10.0.